The van der Waals surface area contributed by atoms with E-state index in [2.05, 4.69) is 15.9 Å². The van der Waals surface area contributed by atoms with Gasteiger partial charge in [-0.25, -0.2) is 0 Å². The van der Waals surface area contributed by atoms with Gasteiger partial charge in [0.2, 0.25) is 0 Å². The molecule has 0 amide bonds. The van der Waals surface area contributed by atoms with Crippen LogP contribution in [0.2, 0.25) is 0 Å². The summed E-state index contributed by atoms with van der Waals surface area (Å²) in [5.41, 5.74) is 6.57. The van der Waals surface area contributed by atoms with Gasteiger partial charge in [-0.1, -0.05) is 28.1 Å². The average Bonchev–Trinajstić information content (AvgIpc) is 2.34. The highest BCUT2D eigenvalue weighted by Gasteiger charge is 2.09. The number of halogens is 1. The lowest BCUT2D eigenvalue weighted by molar-refractivity contribution is 0.243. The van der Waals surface area contributed by atoms with Crippen LogP contribution in [0.4, 0.5) is 5.69 Å². The molecule has 0 aromatic heterocycles. The Balaban J connectivity index is 2.25. The Morgan fingerprint density at radius 2 is 1.74 bits per heavy atom. The summed E-state index contributed by atoms with van der Waals surface area (Å²) in [7, 11) is 0. The lowest BCUT2D eigenvalue weighted by atomic mass is 10.2. The molecule has 0 saturated carbocycles. The highest BCUT2D eigenvalue weighted by Crippen LogP contribution is 2.35. The summed E-state index contributed by atoms with van der Waals surface area (Å²) < 4.78 is 12.4. The molecule has 0 aliphatic heterocycles. The van der Waals surface area contributed by atoms with Crippen LogP contribution in [0.5, 0.6) is 17.2 Å². The van der Waals surface area contributed by atoms with Crippen molar-refractivity contribution in [3.8, 4) is 17.2 Å². The largest absolute Gasteiger partial charge is 0.489 e. The van der Waals surface area contributed by atoms with Crippen molar-refractivity contribution in [1.29, 1.82) is 0 Å². The molecule has 19 heavy (non-hydrogen) atoms. The third-order valence-electron chi connectivity index (χ3n) is 2.41. The minimum Gasteiger partial charge on any atom is -0.489 e. The molecule has 0 saturated heterocycles. The fourth-order valence-corrected chi connectivity index (χ4v) is 2.01. The number of ether oxygens (including phenoxy) is 2. The van der Waals surface area contributed by atoms with Crippen molar-refractivity contribution >= 4 is 21.6 Å². The number of benzene rings is 2. The van der Waals surface area contributed by atoms with Gasteiger partial charge in [0.15, 0.2) is 5.75 Å². The van der Waals surface area contributed by atoms with E-state index in [1.54, 1.807) is 0 Å². The molecule has 0 bridgehead atoms. The minimum absolute atomic E-state index is 0.0726. The second-order valence-corrected chi connectivity index (χ2v) is 5.31. The fourth-order valence-electron chi connectivity index (χ4n) is 1.63. The van der Waals surface area contributed by atoms with Gasteiger partial charge in [0.05, 0.1) is 6.10 Å². The molecule has 100 valence electrons. The molecule has 2 aromatic carbocycles. The number of nitrogens with two attached hydrogens (primary N) is 1. The average molecular weight is 322 g/mol. The van der Waals surface area contributed by atoms with Gasteiger partial charge in [0.25, 0.3) is 0 Å². The normalized spacial score (nSPS) is 10.5. The van der Waals surface area contributed by atoms with Crippen LogP contribution in [-0.4, -0.2) is 6.10 Å². The van der Waals surface area contributed by atoms with Gasteiger partial charge in [0.1, 0.15) is 17.2 Å². The SMILES string of the molecule is CC(C)Oc1cccc(Oc2cccc(Br)c2)c1N. The smallest absolute Gasteiger partial charge is 0.154 e. The number of para-hydroxylation sites is 1. The Bertz CT molecular complexity index is 570. The summed E-state index contributed by atoms with van der Waals surface area (Å²) in [6.07, 6.45) is 0.0726. The van der Waals surface area contributed by atoms with E-state index in [1.165, 1.54) is 0 Å². The third kappa shape index (κ3) is 3.64. The van der Waals surface area contributed by atoms with Gasteiger partial charge < -0.3 is 15.2 Å². The summed E-state index contributed by atoms with van der Waals surface area (Å²) in [5.74, 6) is 1.96. The maximum absolute atomic E-state index is 6.06. The molecular weight excluding hydrogens is 306 g/mol. The van der Waals surface area contributed by atoms with Crippen LogP contribution in [0.3, 0.4) is 0 Å². The molecule has 0 fully saturated rings. The Labute approximate surface area is 121 Å². The van der Waals surface area contributed by atoms with Crippen molar-refractivity contribution in [3.63, 3.8) is 0 Å². The van der Waals surface area contributed by atoms with Crippen molar-refractivity contribution in [1.82, 2.24) is 0 Å². The highest BCUT2D eigenvalue weighted by atomic mass is 79.9. The van der Waals surface area contributed by atoms with Crippen molar-refractivity contribution < 1.29 is 9.47 Å². The van der Waals surface area contributed by atoms with E-state index in [4.69, 9.17) is 15.2 Å². The zero-order valence-electron chi connectivity index (χ0n) is 10.9. The summed E-state index contributed by atoms with van der Waals surface area (Å²) in [4.78, 5) is 0. The molecule has 0 aliphatic rings. The molecule has 0 unspecified atom stereocenters. The second-order valence-electron chi connectivity index (χ2n) is 4.39. The van der Waals surface area contributed by atoms with E-state index in [0.29, 0.717) is 17.2 Å². The zero-order valence-corrected chi connectivity index (χ0v) is 12.5. The van der Waals surface area contributed by atoms with Gasteiger partial charge in [-0.15, -0.1) is 0 Å². The number of hydrogen-bond acceptors (Lipinski definition) is 3. The highest BCUT2D eigenvalue weighted by molar-refractivity contribution is 9.10. The third-order valence-corrected chi connectivity index (χ3v) is 2.91. The first-order valence-electron chi connectivity index (χ1n) is 6.05. The Hall–Kier alpha value is -1.68. The van der Waals surface area contributed by atoms with E-state index in [1.807, 2.05) is 56.3 Å². The first-order valence-corrected chi connectivity index (χ1v) is 6.84. The first kappa shape index (κ1) is 13.7. The van der Waals surface area contributed by atoms with Gasteiger partial charge >= 0.3 is 0 Å². The predicted octanol–water partition coefficient (Wildman–Crippen LogP) is 4.61. The maximum atomic E-state index is 6.06. The molecule has 2 aromatic rings. The van der Waals surface area contributed by atoms with E-state index in [9.17, 15) is 0 Å². The minimum atomic E-state index is 0.0726. The van der Waals surface area contributed by atoms with Crippen LogP contribution >= 0.6 is 15.9 Å². The van der Waals surface area contributed by atoms with Gasteiger partial charge in [-0.2, -0.15) is 0 Å². The molecule has 2 N–H and O–H groups in total. The Morgan fingerprint density at radius 3 is 2.42 bits per heavy atom. The number of hydrogen-bond donors (Lipinski definition) is 1. The second kappa shape index (κ2) is 5.97. The van der Waals surface area contributed by atoms with Crippen LogP contribution in [0.15, 0.2) is 46.9 Å². The molecule has 0 spiro atoms. The molecule has 2 rings (SSSR count). The molecule has 4 heteroatoms. The van der Waals surface area contributed by atoms with Crippen molar-refractivity contribution in [3.05, 3.63) is 46.9 Å². The summed E-state index contributed by atoms with van der Waals surface area (Å²) in [5, 5.41) is 0. The standard InChI is InChI=1S/C15H16BrNO2/c1-10(2)18-13-7-4-8-14(15(13)17)19-12-6-3-5-11(16)9-12/h3-10H,17H2,1-2H3. The van der Waals surface area contributed by atoms with Crippen LogP contribution in [0, 0.1) is 0 Å². The van der Waals surface area contributed by atoms with Crippen LogP contribution in [0.1, 0.15) is 13.8 Å². The van der Waals surface area contributed by atoms with Gasteiger partial charge in [-0.3, -0.25) is 0 Å². The first-order chi connectivity index (χ1) is 9.06. The van der Waals surface area contributed by atoms with E-state index < -0.39 is 0 Å². The van der Waals surface area contributed by atoms with Crippen LogP contribution in [-0.2, 0) is 0 Å². The van der Waals surface area contributed by atoms with Crippen molar-refractivity contribution in [2.75, 3.05) is 5.73 Å². The van der Waals surface area contributed by atoms with Crippen molar-refractivity contribution in [2.24, 2.45) is 0 Å². The van der Waals surface area contributed by atoms with Crippen LogP contribution < -0.4 is 15.2 Å². The summed E-state index contributed by atoms with van der Waals surface area (Å²) in [6, 6.07) is 13.1. The maximum Gasteiger partial charge on any atom is 0.154 e. The predicted molar refractivity (Wildman–Crippen MR) is 80.8 cm³/mol. The van der Waals surface area contributed by atoms with Crippen molar-refractivity contribution in [2.45, 2.75) is 20.0 Å². The quantitative estimate of drug-likeness (QED) is 0.836. The molecule has 0 radical (unpaired) electrons. The summed E-state index contributed by atoms with van der Waals surface area (Å²) >= 11 is 3.41. The van der Waals surface area contributed by atoms with E-state index >= 15 is 0 Å². The zero-order chi connectivity index (χ0) is 13.8. The molecule has 0 heterocycles. The number of anilines is 1. The molecular formula is C15H16BrNO2. The monoisotopic (exact) mass is 321 g/mol. The van der Waals surface area contributed by atoms with E-state index in [-0.39, 0.29) is 6.10 Å². The Morgan fingerprint density at radius 1 is 1.05 bits per heavy atom. The van der Waals surface area contributed by atoms with Gasteiger partial charge in [-0.05, 0) is 44.2 Å². The van der Waals surface area contributed by atoms with Crippen LogP contribution in [0.25, 0.3) is 0 Å². The van der Waals surface area contributed by atoms with Gasteiger partial charge in [0, 0.05) is 4.47 Å². The molecule has 0 aliphatic carbocycles. The lowest BCUT2D eigenvalue weighted by Gasteiger charge is -2.15. The van der Waals surface area contributed by atoms with E-state index in [0.717, 1.165) is 10.2 Å². The lowest BCUT2D eigenvalue weighted by Crippen LogP contribution is -2.07. The topological polar surface area (TPSA) is 44.5 Å². The summed E-state index contributed by atoms with van der Waals surface area (Å²) in [6.45, 7) is 3.92. The molecule has 3 nitrogen and oxygen atoms in total. The molecule has 0 atom stereocenters. The number of rotatable bonds is 4. The number of nitrogen functional groups attached to an aromatic ring is 1. The fraction of sp³-hybridized carbons (Fsp3) is 0.200. The Kier molecular flexibility index (Phi) is 4.32.